The van der Waals surface area contributed by atoms with Gasteiger partial charge in [-0.3, -0.25) is 4.79 Å². The standard InChI is InChI=1S/C23H33NO/c1-17(11-14-21-19(3)10-7-15-23(21,4)5)8-6-9-18(2)16-22(25)24-20-12-13-20/h6,8-9,11,14,16,20H,7,10,12-13,15H2,1-5H3,(H,24,25)/b9-6+,14-11+,17-8+,18-16+. The first-order valence-corrected chi connectivity index (χ1v) is 9.50. The van der Waals surface area contributed by atoms with Gasteiger partial charge in [0.2, 0.25) is 5.91 Å². The maximum Gasteiger partial charge on any atom is 0.244 e. The molecule has 0 radical (unpaired) electrons. The highest BCUT2D eigenvalue weighted by atomic mass is 16.1. The van der Waals surface area contributed by atoms with Crippen LogP contribution in [0.4, 0.5) is 0 Å². The minimum Gasteiger partial charge on any atom is -0.350 e. The van der Waals surface area contributed by atoms with Crippen LogP contribution in [0, 0.1) is 5.41 Å². The molecule has 0 aliphatic heterocycles. The van der Waals surface area contributed by atoms with Gasteiger partial charge in [-0.2, -0.15) is 0 Å². The van der Waals surface area contributed by atoms with E-state index >= 15 is 0 Å². The summed E-state index contributed by atoms with van der Waals surface area (Å²) in [6.07, 6.45) is 18.3. The Morgan fingerprint density at radius 2 is 1.88 bits per heavy atom. The van der Waals surface area contributed by atoms with Crippen molar-refractivity contribution >= 4 is 5.91 Å². The summed E-state index contributed by atoms with van der Waals surface area (Å²) in [5.74, 6) is 0.0205. The van der Waals surface area contributed by atoms with E-state index in [0.717, 1.165) is 18.4 Å². The molecular weight excluding hydrogens is 306 g/mol. The first-order chi connectivity index (χ1) is 11.8. The molecule has 136 valence electrons. The highest BCUT2D eigenvalue weighted by Gasteiger charge is 2.26. The molecular formula is C23H33NO. The fraction of sp³-hybridized carbons (Fsp3) is 0.522. The zero-order valence-corrected chi connectivity index (χ0v) is 16.5. The molecule has 2 nitrogen and oxygen atoms in total. The molecule has 0 aromatic rings. The molecule has 2 rings (SSSR count). The van der Waals surface area contributed by atoms with Crippen molar-refractivity contribution in [3.05, 3.63) is 58.7 Å². The van der Waals surface area contributed by atoms with Crippen LogP contribution in [-0.2, 0) is 4.79 Å². The quantitative estimate of drug-likeness (QED) is 0.481. The Morgan fingerprint density at radius 3 is 2.52 bits per heavy atom. The lowest BCUT2D eigenvalue weighted by Gasteiger charge is -2.32. The van der Waals surface area contributed by atoms with Crippen molar-refractivity contribution in [3.8, 4) is 0 Å². The van der Waals surface area contributed by atoms with Gasteiger partial charge in [0, 0.05) is 12.1 Å². The first-order valence-electron chi connectivity index (χ1n) is 9.50. The van der Waals surface area contributed by atoms with E-state index < -0.39 is 0 Å². The van der Waals surface area contributed by atoms with Crippen LogP contribution < -0.4 is 5.32 Å². The van der Waals surface area contributed by atoms with E-state index in [1.807, 2.05) is 19.1 Å². The van der Waals surface area contributed by atoms with Crippen LogP contribution in [-0.4, -0.2) is 11.9 Å². The molecule has 0 bridgehead atoms. The summed E-state index contributed by atoms with van der Waals surface area (Å²) in [7, 11) is 0. The average molecular weight is 340 g/mol. The minimum atomic E-state index is 0.0205. The second kappa shape index (κ2) is 8.51. The molecule has 1 saturated carbocycles. The maximum atomic E-state index is 11.7. The predicted molar refractivity (Wildman–Crippen MR) is 107 cm³/mol. The molecule has 0 spiro atoms. The molecule has 0 atom stereocenters. The fourth-order valence-corrected chi connectivity index (χ4v) is 3.36. The summed E-state index contributed by atoms with van der Waals surface area (Å²) >= 11 is 0. The zero-order valence-electron chi connectivity index (χ0n) is 16.5. The normalized spacial score (nSPS) is 22.1. The van der Waals surface area contributed by atoms with Crippen molar-refractivity contribution in [2.75, 3.05) is 0 Å². The van der Waals surface area contributed by atoms with Gasteiger partial charge in [-0.05, 0) is 69.4 Å². The summed E-state index contributed by atoms with van der Waals surface area (Å²) in [6, 6.07) is 0.412. The van der Waals surface area contributed by atoms with E-state index in [1.165, 1.54) is 36.0 Å². The molecule has 0 heterocycles. The Bertz CT molecular complexity index is 652. The Labute approximate surface area is 153 Å². The van der Waals surface area contributed by atoms with Gasteiger partial charge in [-0.25, -0.2) is 0 Å². The summed E-state index contributed by atoms with van der Waals surface area (Å²) in [6.45, 7) is 11.0. The van der Waals surface area contributed by atoms with Gasteiger partial charge in [0.1, 0.15) is 0 Å². The number of hydrogen-bond donors (Lipinski definition) is 1. The van der Waals surface area contributed by atoms with Gasteiger partial charge in [-0.1, -0.05) is 55.4 Å². The molecule has 2 heteroatoms. The van der Waals surface area contributed by atoms with Crippen molar-refractivity contribution < 1.29 is 4.79 Å². The third-order valence-electron chi connectivity index (χ3n) is 5.06. The lowest BCUT2D eigenvalue weighted by Crippen LogP contribution is -2.23. The lowest BCUT2D eigenvalue weighted by molar-refractivity contribution is -0.116. The average Bonchev–Trinajstić information content (AvgIpc) is 3.29. The summed E-state index contributed by atoms with van der Waals surface area (Å²) in [5.41, 5.74) is 5.48. The minimum absolute atomic E-state index is 0.0205. The van der Waals surface area contributed by atoms with Gasteiger partial charge < -0.3 is 5.32 Å². The number of nitrogens with one attached hydrogen (secondary N) is 1. The third-order valence-corrected chi connectivity index (χ3v) is 5.06. The number of hydrogen-bond acceptors (Lipinski definition) is 1. The van der Waals surface area contributed by atoms with Crippen LogP contribution in [0.25, 0.3) is 0 Å². The van der Waals surface area contributed by atoms with Crippen LogP contribution in [0.2, 0.25) is 0 Å². The number of carbonyl (C=O) groups is 1. The fourth-order valence-electron chi connectivity index (χ4n) is 3.36. The SMILES string of the molecule is CC1=C(/C=C/C(C)=C/C=C/C(C)=C/C(=O)NC2CC2)C(C)(C)CCC1. The van der Waals surface area contributed by atoms with Crippen molar-refractivity contribution in [1.29, 1.82) is 0 Å². The maximum absolute atomic E-state index is 11.7. The summed E-state index contributed by atoms with van der Waals surface area (Å²) in [5, 5.41) is 2.97. The molecule has 25 heavy (non-hydrogen) atoms. The van der Waals surface area contributed by atoms with Gasteiger partial charge >= 0.3 is 0 Å². The van der Waals surface area contributed by atoms with Crippen LogP contribution in [0.5, 0.6) is 0 Å². The zero-order chi connectivity index (χ0) is 18.4. The lowest BCUT2D eigenvalue weighted by atomic mass is 9.72. The predicted octanol–water partition coefficient (Wildman–Crippen LogP) is 5.80. The monoisotopic (exact) mass is 339 g/mol. The molecule has 2 aliphatic carbocycles. The van der Waals surface area contributed by atoms with E-state index in [0.29, 0.717) is 6.04 Å². The van der Waals surface area contributed by atoms with Crippen molar-refractivity contribution in [2.45, 2.75) is 72.8 Å². The number of amides is 1. The second-order valence-corrected chi connectivity index (χ2v) is 8.21. The van der Waals surface area contributed by atoms with Gasteiger partial charge in [0.05, 0.1) is 0 Å². The molecule has 1 amide bonds. The smallest absolute Gasteiger partial charge is 0.244 e. The van der Waals surface area contributed by atoms with Gasteiger partial charge in [0.15, 0.2) is 0 Å². The number of carbonyl (C=O) groups excluding carboxylic acids is 1. The molecule has 0 aromatic heterocycles. The summed E-state index contributed by atoms with van der Waals surface area (Å²) < 4.78 is 0. The molecule has 0 saturated heterocycles. The van der Waals surface area contributed by atoms with Crippen LogP contribution in [0.3, 0.4) is 0 Å². The molecule has 1 fully saturated rings. The molecule has 2 aliphatic rings. The number of allylic oxidation sites excluding steroid dienone is 9. The Morgan fingerprint density at radius 1 is 1.16 bits per heavy atom. The Hall–Kier alpha value is -1.83. The molecule has 1 N–H and O–H groups in total. The van der Waals surface area contributed by atoms with Crippen LogP contribution in [0.15, 0.2) is 58.7 Å². The van der Waals surface area contributed by atoms with Crippen LogP contribution in [0.1, 0.15) is 66.7 Å². The van der Waals surface area contributed by atoms with Crippen molar-refractivity contribution in [1.82, 2.24) is 5.32 Å². The van der Waals surface area contributed by atoms with Gasteiger partial charge in [0.25, 0.3) is 0 Å². The second-order valence-electron chi connectivity index (χ2n) is 8.21. The van der Waals surface area contributed by atoms with E-state index in [-0.39, 0.29) is 11.3 Å². The van der Waals surface area contributed by atoms with E-state index in [9.17, 15) is 4.79 Å². The van der Waals surface area contributed by atoms with Crippen molar-refractivity contribution in [2.24, 2.45) is 5.41 Å². The van der Waals surface area contributed by atoms with Crippen LogP contribution >= 0.6 is 0 Å². The Balaban J connectivity index is 1.94. The highest BCUT2D eigenvalue weighted by Crippen LogP contribution is 2.40. The summed E-state index contributed by atoms with van der Waals surface area (Å²) in [4.78, 5) is 11.7. The number of rotatable bonds is 6. The molecule has 0 unspecified atom stereocenters. The topological polar surface area (TPSA) is 29.1 Å². The van der Waals surface area contributed by atoms with E-state index in [1.54, 1.807) is 6.08 Å². The molecule has 0 aromatic carbocycles. The first kappa shape index (κ1) is 19.5. The Kier molecular flexibility index (Phi) is 6.64. The van der Waals surface area contributed by atoms with E-state index in [4.69, 9.17) is 0 Å². The van der Waals surface area contributed by atoms with Gasteiger partial charge in [-0.15, -0.1) is 0 Å². The largest absolute Gasteiger partial charge is 0.350 e. The van der Waals surface area contributed by atoms with Crippen molar-refractivity contribution in [3.63, 3.8) is 0 Å². The van der Waals surface area contributed by atoms with E-state index in [2.05, 4.69) is 51.2 Å². The highest BCUT2D eigenvalue weighted by molar-refractivity contribution is 5.89. The third kappa shape index (κ3) is 6.53.